The number of fused-ring (bicyclic) bond motifs is 1. The molecule has 1 amide bonds. The highest BCUT2D eigenvalue weighted by Crippen LogP contribution is 2.23. The molecule has 0 radical (unpaired) electrons. The summed E-state index contributed by atoms with van der Waals surface area (Å²) in [5, 5.41) is 4.40. The zero-order chi connectivity index (χ0) is 19.4. The molecule has 27 heavy (non-hydrogen) atoms. The number of pyridine rings is 1. The lowest BCUT2D eigenvalue weighted by Crippen LogP contribution is -2.30. The van der Waals surface area contributed by atoms with Gasteiger partial charge < -0.3 is 11.1 Å². The third kappa shape index (κ3) is 4.27. The zero-order valence-electron chi connectivity index (χ0n) is 14.4. The molecule has 0 saturated carbocycles. The van der Waals surface area contributed by atoms with Gasteiger partial charge in [0.1, 0.15) is 5.84 Å². The molecule has 1 aromatic heterocycles. The van der Waals surface area contributed by atoms with Crippen LogP contribution >= 0.6 is 23.2 Å². The molecule has 7 heteroatoms. The van der Waals surface area contributed by atoms with E-state index in [-0.39, 0.29) is 5.84 Å². The van der Waals surface area contributed by atoms with E-state index in [1.54, 1.807) is 43.6 Å². The number of rotatable bonds is 3. The molecule has 136 valence electrons. The molecule has 0 saturated heterocycles. The number of amidine groups is 1. The summed E-state index contributed by atoms with van der Waals surface area (Å²) < 4.78 is 0. The fourth-order valence-corrected chi connectivity index (χ4v) is 3.03. The van der Waals surface area contributed by atoms with Crippen molar-refractivity contribution in [1.29, 1.82) is 0 Å². The molecule has 0 fully saturated rings. The molecule has 0 spiro atoms. The van der Waals surface area contributed by atoms with Crippen LogP contribution < -0.4 is 11.1 Å². The van der Waals surface area contributed by atoms with Crippen LogP contribution in [0, 0.1) is 0 Å². The van der Waals surface area contributed by atoms with Gasteiger partial charge in [-0.15, -0.1) is 0 Å². The molecule has 0 aliphatic carbocycles. The van der Waals surface area contributed by atoms with Crippen LogP contribution in [0.3, 0.4) is 0 Å². The van der Waals surface area contributed by atoms with E-state index >= 15 is 0 Å². The van der Waals surface area contributed by atoms with Crippen molar-refractivity contribution < 1.29 is 4.79 Å². The molecule has 0 aliphatic heterocycles. The van der Waals surface area contributed by atoms with Gasteiger partial charge in [-0.2, -0.15) is 0 Å². The van der Waals surface area contributed by atoms with Crippen LogP contribution in [0.15, 0.2) is 65.8 Å². The first-order chi connectivity index (χ1) is 13.0. The first kappa shape index (κ1) is 18.9. The lowest BCUT2D eigenvalue weighted by molar-refractivity contribution is 0.0977. The molecule has 3 rings (SSSR count). The van der Waals surface area contributed by atoms with Crippen molar-refractivity contribution in [2.45, 2.75) is 0 Å². The highest BCUT2D eigenvalue weighted by atomic mass is 35.5. The van der Waals surface area contributed by atoms with Gasteiger partial charge in [-0.25, -0.2) is 0 Å². The van der Waals surface area contributed by atoms with Crippen LogP contribution in [-0.4, -0.2) is 23.8 Å². The number of hydrogen-bond donors (Lipinski definition) is 2. The Morgan fingerprint density at radius 1 is 1.11 bits per heavy atom. The molecule has 2 aromatic carbocycles. The largest absolute Gasteiger partial charge is 0.398 e. The van der Waals surface area contributed by atoms with E-state index < -0.39 is 5.91 Å². The molecular weight excluding hydrogens is 383 g/mol. The van der Waals surface area contributed by atoms with Crippen molar-refractivity contribution in [2.75, 3.05) is 7.05 Å². The van der Waals surface area contributed by atoms with Crippen molar-refractivity contribution >= 4 is 51.5 Å². The number of aliphatic imine (C=N–C) groups is 1. The number of amides is 1. The number of carbonyl (C=O) groups excluding carboxylic acids is 1. The highest BCUT2D eigenvalue weighted by molar-refractivity contribution is 6.35. The second-order valence-corrected chi connectivity index (χ2v) is 6.49. The Bertz CT molecular complexity index is 1080. The Hall–Kier alpha value is -2.89. The van der Waals surface area contributed by atoms with E-state index in [1.165, 1.54) is 0 Å². The van der Waals surface area contributed by atoms with Crippen molar-refractivity contribution in [3.8, 4) is 0 Å². The number of hydrogen-bond acceptors (Lipinski definition) is 4. The Kier molecular flexibility index (Phi) is 5.74. The first-order valence-corrected chi connectivity index (χ1v) is 8.79. The molecule has 5 nitrogen and oxygen atoms in total. The number of nitrogens with one attached hydrogen (secondary N) is 1. The number of aromatic nitrogens is 1. The Labute approximate surface area is 166 Å². The summed E-state index contributed by atoms with van der Waals surface area (Å²) >= 11 is 12.4. The molecule has 0 atom stereocenters. The SMILES string of the molecule is CN=C(C=C(N)c1ccccc1Cl)NC(=O)c1cc2ncccc2cc1Cl. The summed E-state index contributed by atoms with van der Waals surface area (Å²) in [6.07, 6.45) is 3.20. The van der Waals surface area contributed by atoms with Gasteiger partial charge in [-0.3, -0.25) is 14.8 Å². The minimum atomic E-state index is -0.406. The van der Waals surface area contributed by atoms with Gasteiger partial charge >= 0.3 is 0 Å². The van der Waals surface area contributed by atoms with E-state index in [0.29, 0.717) is 32.4 Å². The smallest absolute Gasteiger partial charge is 0.258 e. The lowest BCUT2D eigenvalue weighted by atomic mass is 10.1. The van der Waals surface area contributed by atoms with Crippen molar-refractivity contribution in [3.63, 3.8) is 0 Å². The van der Waals surface area contributed by atoms with E-state index in [0.717, 1.165) is 5.39 Å². The van der Waals surface area contributed by atoms with Crippen LogP contribution in [0.2, 0.25) is 10.0 Å². The average molecular weight is 399 g/mol. The van der Waals surface area contributed by atoms with Crippen LogP contribution in [0.1, 0.15) is 15.9 Å². The second-order valence-electron chi connectivity index (χ2n) is 5.67. The maximum absolute atomic E-state index is 12.7. The summed E-state index contributed by atoms with van der Waals surface area (Å²) in [4.78, 5) is 21.0. The fourth-order valence-electron chi connectivity index (χ4n) is 2.53. The normalized spacial score (nSPS) is 12.3. The average Bonchev–Trinajstić information content (AvgIpc) is 2.67. The predicted molar refractivity (Wildman–Crippen MR) is 111 cm³/mol. The molecule has 0 aliphatic rings. The Morgan fingerprint density at radius 2 is 1.89 bits per heavy atom. The van der Waals surface area contributed by atoms with Gasteiger partial charge in [0.05, 0.1) is 16.1 Å². The zero-order valence-corrected chi connectivity index (χ0v) is 15.9. The van der Waals surface area contributed by atoms with Crippen LogP contribution in [-0.2, 0) is 0 Å². The molecule has 0 bridgehead atoms. The summed E-state index contributed by atoms with van der Waals surface area (Å²) in [5.41, 5.74) is 8.11. The number of nitrogens with zero attached hydrogens (tertiary/aromatic N) is 2. The van der Waals surface area contributed by atoms with E-state index in [1.807, 2.05) is 24.3 Å². The molecule has 3 aromatic rings. The molecular formula is C20H16Cl2N4O. The monoisotopic (exact) mass is 398 g/mol. The number of benzene rings is 2. The topological polar surface area (TPSA) is 80.4 Å². The van der Waals surface area contributed by atoms with Gasteiger partial charge in [0.25, 0.3) is 5.91 Å². The predicted octanol–water partition coefficient (Wildman–Crippen LogP) is 4.30. The van der Waals surface area contributed by atoms with E-state index in [4.69, 9.17) is 28.9 Å². The fraction of sp³-hybridized carbons (Fsp3) is 0.0500. The quantitative estimate of drug-likeness (QED) is 0.509. The second kappa shape index (κ2) is 8.20. The van der Waals surface area contributed by atoms with Gasteiger partial charge in [0, 0.05) is 41.0 Å². The van der Waals surface area contributed by atoms with Crippen LogP contribution in [0.25, 0.3) is 16.6 Å². The van der Waals surface area contributed by atoms with E-state index in [9.17, 15) is 4.79 Å². The lowest BCUT2D eigenvalue weighted by Gasteiger charge is -2.09. The van der Waals surface area contributed by atoms with Crippen LogP contribution in [0.4, 0.5) is 0 Å². The molecule has 1 heterocycles. The van der Waals surface area contributed by atoms with Gasteiger partial charge in [-0.05, 0) is 24.3 Å². The number of carbonyl (C=O) groups is 1. The maximum Gasteiger partial charge on any atom is 0.258 e. The first-order valence-electron chi connectivity index (χ1n) is 8.04. The number of nitrogens with two attached hydrogens (primary N) is 1. The standard InChI is InChI=1S/C20H16Cl2N4O/c1-24-19(11-17(23)13-6-2-3-7-15(13)21)26-20(27)14-10-18-12(9-16(14)22)5-4-8-25-18/h2-11H,23H2,1H3,(H,24,26,27). The Balaban J connectivity index is 1.87. The van der Waals surface area contributed by atoms with Crippen molar-refractivity contribution in [2.24, 2.45) is 10.7 Å². The minimum Gasteiger partial charge on any atom is -0.398 e. The highest BCUT2D eigenvalue weighted by Gasteiger charge is 2.14. The summed E-state index contributed by atoms with van der Waals surface area (Å²) in [7, 11) is 1.55. The molecule has 3 N–H and O–H groups in total. The van der Waals surface area contributed by atoms with Crippen LogP contribution in [0.5, 0.6) is 0 Å². The maximum atomic E-state index is 12.7. The number of halogens is 2. The minimum absolute atomic E-state index is 0.287. The Morgan fingerprint density at radius 3 is 2.63 bits per heavy atom. The van der Waals surface area contributed by atoms with Crippen molar-refractivity contribution in [1.82, 2.24) is 10.3 Å². The summed E-state index contributed by atoms with van der Waals surface area (Å²) in [5.74, 6) is -0.119. The molecule has 0 unspecified atom stereocenters. The van der Waals surface area contributed by atoms with Gasteiger partial charge in [0.15, 0.2) is 0 Å². The van der Waals surface area contributed by atoms with E-state index in [2.05, 4.69) is 15.3 Å². The van der Waals surface area contributed by atoms with Gasteiger partial charge in [-0.1, -0.05) is 47.5 Å². The summed E-state index contributed by atoms with van der Waals surface area (Å²) in [6.45, 7) is 0. The third-order valence-corrected chi connectivity index (χ3v) is 4.54. The summed E-state index contributed by atoms with van der Waals surface area (Å²) in [6, 6.07) is 14.2. The van der Waals surface area contributed by atoms with Gasteiger partial charge in [0.2, 0.25) is 0 Å². The van der Waals surface area contributed by atoms with Crippen molar-refractivity contribution in [3.05, 3.63) is 82.0 Å². The third-order valence-electron chi connectivity index (χ3n) is 3.90.